The molecule has 0 aliphatic heterocycles. The predicted molar refractivity (Wildman–Crippen MR) is 58.5 cm³/mol. The highest BCUT2D eigenvalue weighted by atomic mass is 79.9. The van der Waals surface area contributed by atoms with E-state index in [0.717, 1.165) is 16.7 Å². The van der Waals surface area contributed by atoms with Gasteiger partial charge in [-0.15, -0.1) is 0 Å². The van der Waals surface area contributed by atoms with E-state index in [9.17, 15) is 8.78 Å². The summed E-state index contributed by atoms with van der Waals surface area (Å²) >= 11 is 3.30. The zero-order chi connectivity index (χ0) is 11.0. The average molecular weight is 272 g/mol. The Morgan fingerprint density at radius 3 is 2.47 bits per heavy atom. The van der Waals surface area contributed by atoms with Crippen LogP contribution in [0.5, 0.6) is 0 Å². The first-order valence-corrected chi connectivity index (χ1v) is 5.15. The van der Waals surface area contributed by atoms with E-state index in [1.807, 2.05) is 0 Å². The SMILES string of the molecule is Cn1c(Br)ccc1-c1cc(F)ccc1F. The van der Waals surface area contributed by atoms with E-state index in [1.54, 1.807) is 23.7 Å². The van der Waals surface area contributed by atoms with Crippen molar-refractivity contribution in [1.29, 1.82) is 0 Å². The lowest BCUT2D eigenvalue weighted by Gasteiger charge is -2.05. The van der Waals surface area contributed by atoms with Gasteiger partial charge in [0.1, 0.15) is 11.6 Å². The Kier molecular flexibility index (Phi) is 2.61. The van der Waals surface area contributed by atoms with Crippen molar-refractivity contribution in [1.82, 2.24) is 4.57 Å². The van der Waals surface area contributed by atoms with Crippen molar-refractivity contribution in [2.24, 2.45) is 7.05 Å². The molecule has 1 aromatic carbocycles. The normalized spacial score (nSPS) is 10.7. The molecule has 4 heteroatoms. The molecule has 0 unspecified atom stereocenters. The Morgan fingerprint density at radius 1 is 1.13 bits per heavy atom. The lowest BCUT2D eigenvalue weighted by atomic mass is 10.1. The van der Waals surface area contributed by atoms with Gasteiger partial charge in [0.05, 0.1) is 10.3 Å². The second kappa shape index (κ2) is 3.77. The zero-order valence-corrected chi connectivity index (χ0v) is 9.55. The van der Waals surface area contributed by atoms with E-state index in [-0.39, 0.29) is 5.56 Å². The van der Waals surface area contributed by atoms with Crippen LogP contribution >= 0.6 is 15.9 Å². The first kappa shape index (κ1) is 10.4. The van der Waals surface area contributed by atoms with Gasteiger partial charge in [0.15, 0.2) is 0 Å². The van der Waals surface area contributed by atoms with E-state index in [0.29, 0.717) is 5.69 Å². The molecule has 1 heterocycles. The molecule has 78 valence electrons. The van der Waals surface area contributed by atoms with Crippen molar-refractivity contribution >= 4 is 15.9 Å². The van der Waals surface area contributed by atoms with Crippen LogP contribution in [0.2, 0.25) is 0 Å². The number of hydrogen-bond donors (Lipinski definition) is 0. The van der Waals surface area contributed by atoms with Crippen LogP contribution in [0, 0.1) is 11.6 Å². The van der Waals surface area contributed by atoms with Gasteiger partial charge in [-0.05, 0) is 46.3 Å². The van der Waals surface area contributed by atoms with Gasteiger partial charge < -0.3 is 4.57 Å². The highest BCUT2D eigenvalue weighted by molar-refractivity contribution is 9.10. The number of rotatable bonds is 1. The molecular formula is C11H8BrF2N. The standard InChI is InChI=1S/C11H8BrF2N/c1-15-10(4-5-11(15)12)8-6-7(13)2-3-9(8)14/h2-6H,1H3. The van der Waals surface area contributed by atoms with Gasteiger partial charge in [-0.2, -0.15) is 0 Å². The molecule has 0 atom stereocenters. The van der Waals surface area contributed by atoms with Crippen LogP contribution < -0.4 is 0 Å². The lowest BCUT2D eigenvalue weighted by Crippen LogP contribution is -1.94. The third-order valence-corrected chi connectivity index (χ3v) is 3.06. The van der Waals surface area contributed by atoms with E-state index >= 15 is 0 Å². The molecule has 0 N–H and O–H groups in total. The van der Waals surface area contributed by atoms with E-state index in [2.05, 4.69) is 15.9 Å². The Bertz CT molecular complexity index is 505. The largest absolute Gasteiger partial charge is 0.338 e. The van der Waals surface area contributed by atoms with Gasteiger partial charge in [-0.1, -0.05) is 0 Å². The summed E-state index contributed by atoms with van der Waals surface area (Å²) in [4.78, 5) is 0. The molecule has 0 saturated heterocycles. The van der Waals surface area contributed by atoms with E-state index < -0.39 is 11.6 Å². The first-order chi connectivity index (χ1) is 7.09. The summed E-state index contributed by atoms with van der Waals surface area (Å²) in [6, 6.07) is 6.96. The quantitative estimate of drug-likeness (QED) is 0.745. The zero-order valence-electron chi connectivity index (χ0n) is 7.97. The minimum Gasteiger partial charge on any atom is -0.338 e. The molecule has 15 heavy (non-hydrogen) atoms. The minimum atomic E-state index is -0.441. The molecule has 0 aliphatic rings. The average Bonchev–Trinajstić information content (AvgIpc) is 2.52. The molecule has 0 amide bonds. The van der Waals surface area contributed by atoms with Crippen molar-refractivity contribution in [3.8, 4) is 11.3 Å². The number of hydrogen-bond acceptors (Lipinski definition) is 0. The monoisotopic (exact) mass is 271 g/mol. The topological polar surface area (TPSA) is 4.93 Å². The fraction of sp³-hybridized carbons (Fsp3) is 0.0909. The highest BCUT2D eigenvalue weighted by Crippen LogP contribution is 2.27. The maximum Gasteiger partial charge on any atom is 0.132 e. The van der Waals surface area contributed by atoms with Gasteiger partial charge in [0, 0.05) is 12.6 Å². The fourth-order valence-electron chi connectivity index (χ4n) is 1.45. The molecule has 0 radical (unpaired) electrons. The molecule has 0 fully saturated rings. The lowest BCUT2D eigenvalue weighted by molar-refractivity contribution is 0.602. The summed E-state index contributed by atoms with van der Waals surface area (Å²) in [7, 11) is 1.78. The second-order valence-corrected chi connectivity index (χ2v) is 4.04. The van der Waals surface area contributed by atoms with Crippen LogP contribution in [0.1, 0.15) is 0 Å². The number of nitrogens with zero attached hydrogens (tertiary/aromatic N) is 1. The Labute approximate surface area is 94.5 Å². The molecule has 0 saturated carbocycles. The van der Waals surface area contributed by atoms with Crippen LogP contribution in [-0.2, 0) is 7.05 Å². The molecule has 0 bridgehead atoms. The van der Waals surface area contributed by atoms with Crippen LogP contribution in [0.15, 0.2) is 34.9 Å². The van der Waals surface area contributed by atoms with Gasteiger partial charge in [-0.3, -0.25) is 0 Å². The second-order valence-electron chi connectivity index (χ2n) is 3.22. The summed E-state index contributed by atoms with van der Waals surface area (Å²) in [5.41, 5.74) is 0.905. The molecule has 0 aliphatic carbocycles. The molecule has 1 nitrogen and oxygen atoms in total. The fourth-order valence-corrected chi connectivity index (χ4v) is 1.77. The highest BCUT2D eigenvalue weighted by Gasteiger charge is 2.10. The summed E-state index contributed by atoms with van der Waals surface area (Å²) in [5, 5.41) is 0. The van der Waals surface area contributed by atoms with Crippen molar-refractivity contribution in [2.75, 3.05) is 0 Å². The molecular weight excluding hydrogens is 264 g/mol. The summed E-state index contributed by atoms with van der Waals surface area (Å²) < 4.78 is 29.0. The number of aromatic nitrogens is 1. The van der Waals surface area contributed by atoms with Crippen molar-refractivity contribution < 1.29 is 8.78 Å². The summed E-state index contributed by atoms with van der Waals surface area (Å²) in [6.07, 6.45) is 0. The minimum absolute atomic E-state index is 0.267. The summed E-state index contributed by atoms with van der Waals surface area (Å²) in [5.74, 6) is -0.867. The van der Waals surface area contributed by atoms with Gasteiger partial charge >= 0.3 is 0 Å². The van der Waals surface area contributed by atoms with Crippen molar-refractivity contribution in [2.45, 2.75) is 0 Å². The van der Waals surface area contributed by atoms with Crippen molar-refractivity contribution in [3.63, 3.8) is 0 Å². The third-order valence-electron chi connectivity index (χ3n) is 2.26. The predicted octanol–water partition coefficient (Wildman–Crippen LogP) is 3.73. The maximum atomic E-state index is 13.4. The van der Waals surface area contributed by atoms with Gasteiger partial charge in [-0.25, -0.2) is 8.78 Å². The van der Waals surface area contributed by atoms with Gasteiger partial charge in [0.2, 0.25) is 0 Å². The number of halogens is 3. The molecule has 1 aromatic heterocycles. The van der Waals surface area contributed by atoms with E-state index in [1.165, 1.54) is 6.07 Å². The Hall–Kier alpha value is -1.16. The third kappa shape index (κ3) is 1.81. The maximum absolute atomic E-state index is 13.4. The Morgan fingerprint density at radius 2 is 1.87 bits per heavy atom. The molecule has 2 aromatic rings. The van der Waals surface area contributed by atoms with Crippen LogP contribution in [-0.4, -0.2) is 4.57 Å². The van der Waals surface area contributed by atoms with Gasteiger partial charge in [0.25, 0.3) is 0 Å². The molecule has 2 rings (SSSR count). The van der Waals surface area contributed by atoms with E-state index in [4.69, 9.17) is 0 Å². The van der Waals surface area contributed by atoms with Crippen LogP contribution in [0.4, 0.5) is 8.78 Å². The van der Waals surface area contributed by atoms with Crippen molar-refractivity contribution in [3.05, 3.63) is 46.6 Å². The Balaban J connectivity index is 2.63. The number of benzene rings is 1. The summed E-state index contributed by atoms with van der Waals surface area (Å²) in [6.45, 7) is 0. The smallest absolute Gasteiger partial charge is 0.132 e. The first-order valence-electron chi connectivity index (χ1n) is 4.36. The molecule has 0 spiro atoms. The van der Waals surface area contributed by atoms with Crippen LogP contribution in [0.3, 0.4) is 0 Å². The van der Waals surface area contributed by atoms with Crippen LogP contribution in [0.25, 0.3) is 11.3 Å².